The van der Waals surface area contributed by atoms with Gasteiger partial charge in [-0.05, 0) is 36.4 Å². The second kappa shape index (κ2) is 10.4. The number of para-hydroxylation sites is 1. The van der Waals surface area contributed by atoms with Gasteiger partial charge in [-0.3, -0.25) is 0 Å². The van der Waals surface area contributed by atoms with Crippen LogP contribution in [0.25, 0.3) is 56.1 Å². The first-order chi connectivity index (χ1) is 22.6. The maximum absolute atomic E-state index is 15.1. The lowest BCUT2D eigenvalue weighted by Gasteiger charge is -2.28. The average Bonchev–Trinajstić information content (AvgIpc) is 3.49. The Morgan fingerprint density at radius 1 is 0.457 bits per heavy atom. The first-order valence-electron chi connectivity index (χ1n) is 15.0. The highest BCUT2D eigenvalue weighted by Crippen LogP contribution is 2.52. The molecule has 0 aliphatic carbocycles. The summed E-state index contributed by atoms with van der Waals surface area (Å²) in [6.07, 6.45) is 0. The number of benzene rings is 6. The summed E-state index contributed by atoms with van der Waals surface area (Å²) < 4.78 is 28.0. The second-order valence-corrected chi connectivity index (χ2v) is 13.9. The Bertz CT molecular complexity index is 2420. The molecular formula is C39H24N3O3P. The van der Waals surface area contributed by atoms with Crippen LogP contribution < -0.4 is 20.7 Å². The van der Waals surface area contributed by atoms with Gasteiger partial charge in [0, 0.05) is 32.8 Å². The molecule has 3 heterocycles. The predicted octanol–water partition coefficient (Wildman–Crippen LogP) is 8.52. The number of rotatable bonds is 4. The smallest absolute Gasteiger partial charge is 0.178 e. The minimum atomic E-state index is -3.23. The van der Waals surface area contributed by atoms with Gasteiger partial charge in [-0.1, -0.05) is 109 Å². The number of fused-ring (bicyclic) bond motifs is 5. The summed E-state index contributed by atoms with van der Waals surface area (Å²) in [5.74, 6) is 2.91. The fourth-order valence-corrected chi connectivity index (χ4v) is 9.02. The molecule has 0 spiro atoms. The molecule has 0 radical (unpaired) electrons. The summed E-state index contributed by atoms with van der Waals surface area (Å²) in [4.78, 5) is 14.6. The fourth-order valence-electron chi connectivity index (χ4n) is 6.16. The lowest BCUT2D eigenvalue weighted by atomic mass is 10.1. The van der Waals surface area contributed by atoms with Gasteiger partial charge in [0.1, 0.15) is 22.7 Å². The molecule has 46 heavy (non-hydrogen) atoms. The molecular weight excluding hydrogens is 589 g/mol. The van der Waals surface area contributed by atoms with Gasteiger partial charge in [-0.25, -0.2) is 15.0 Å². The molecule has 1 aliphatic heterocycles. The number of aromatic nitrogens is 3. The third kappa shape index (κ3) is 4.19. The van der Waals surface area contributed by atoms with E-state index in [0.29, 0.717) is 50.7 Å². The molecule has 9 rings (SSSR count). The Morgan fingerprint density at radius 2 is 1.02 bits per heavy atom. The summed E-state index contributed by atoms with van der Waals surface area (Å²) >= 11 is 0. The molecule has 2 aromatic heterocycles. The van der Waals surface area contributed by atoms with Crippen molar-refractivity contribution in [3.05, 3.63) is 146 Å². The zero-order valence-corrected chi connectivity index (χ0v) is 25.3. The van der Waals surface area contributed by atoms with Crippen molar-refractivity contribution in [2.75, 3.05) is 0 Å². The summed E-state index contributed by atoms with van der Waals surface area (Å²) in [5.41, 5.74) is 3.91. The third-order valence-corrected chi connectivity index (χ3v) is 11.5. The van der Waals surface area contributed by atoms with Crippen molar-refractivity contribution >= 4 is 45.0 Å². The van der Waals surface area contributed by atoms with Crippen LogP contribution in [0.3, 0.4) is 0 Å². The van der Waals surface area contributed by atoms with Crippen LogP contribution in [0.5, 0.6) is 11.5 Å². The van der Waals surface area contributed by atoms with Crippen LogP contribution in [0.4, 0.5) is 0 Å². The normalized spacial score (nSPS) is 15.3. The van der Waals surface area contributed by atoms with E-state index >= 15 is 4.57 Å². The zero-order valence-electron chi connectivity index (χ0n) is 24.4. The van der Waals surface area contributed by atoms with E-state index in [4.69, 9.17) is 24.1 Å². The minimum absolute atomic E-state index is 0.543. The number of ether oxygens (including phenoxy) is 1. The maximum Gasteiger partial charge on any atom is 0.178 e. The van der Waals surface area contributed by atoms with Gasteiger partial charge in [-0.15, -0.1) is 0 Å². The van der Waals surface area contributed by atoms with E-state index in [1.807, 2.05) is 146 Å². The molecule has 0 amide bonds. The quantitative estimate of drug-likeness (QED) is 0.185. The van der Waals surface area contributed by atoms with Crippen molar-refractivity contribution in [1.29, 1.82) is 0 Å². The standard InChI is InChI=1S/C39H24N3O3P/c43-46(28-16-8-3-9-17-28)35-19-11-10-18-31(35)44-34-23-30-29-21-20-27(22-32(29)45-33(30)24-36(34)46)39-41-37(25-12-4-1-5-13-25)40-38(42-39)26-14-6-2-7-15-26/h1-24H. The van der Waals surface area contributed by atoms with Crippen LogP contribution in [-0.4, -0.2) is 15.0 Å². The number of hydrogen-bond acceptors (Lipinski definition) is 6. The molecule has 6 nitrogen and oxygen atoms in total. The van der Waals surface area contributed by atoms with Gasteiger partial charge in [0.15, 0.2) is 24.6 Å². The molecule has 0 fully saturated rings. The molecule has 6 aromatic carbocycles. The number of hydrogen-bond donors (Lipinski definition) is 0. The molecule has 0 bridgehead atoms. The molecule has 8 aromatic rings. The van der Waals surface area contributed by atoms with Crippen LogP contribution in [0.2, 0.25) is 0 Å². The van der Waals surface area contributed by atoms with Crippen molar-refractivity contribution in [2.45, 2.75) is 0 Å². The van der Waals surface area contributed by atoms with Gasteiger partial charge < -0.3 is 13.7 Å². The fraction of sp³-hybridized carbons (Fsp3) is 0. The summed E-state index contributed by atoms with van der Waals surface area (Å²) in [6.45, 7) is 0. The van der Waals surface area contributed by atoms with E-state index in [2.05, 4.69) is 0 Å². The SMILES string of the molecule is O=P1(c2ccccc2)c2ccccc2Oc2cc3c(cc21)oc1cc(-c2nc(-c4ccccc4)nc(-c4ccccc4)n2)ccc13. The number of nitrogens with zero attached hydrogens (tertiary/aromatic N) is 3. The highest BCUT2D eigenvalue weighted by molar-refractivity contribution is 7.85. The zero-order chi connectivity index (χ0) is 30.7. The predicted molar refractivity (Wildman–Crippen MR) is 183 cm³/mol. The lowest BCUT2D eigenvalue weighted by Crippen LogP contribution is -2.30. The van der Waals surface area contributed by atoms with Crippen molar-refractivity contribution in [3.63, 3.8) is 0 Å². The van der Waals surface area contributed by atoms with Crippen LogP contribution in [-0.2, 0) is 4.57 Å². The molecule has 7 heteroatoms. The van der Waals surface area contributed by atoms with Gasteiger partial charge in [-0.2, -0.15) is 0 Å². The van der Waals surface area contributed by atoms with Gasteiger partial charge >= 0.3 is 0 Å². The van der Waals surface area contributed by atoms with E-state index in [1.165, 1.54) is 0 Å². The van der Waals surface area contributed by atoms with Crippen molar-refractivity contribution in [2.24, 2.45) is 0 Å². The summed E-state index contributed by atoms with van der Waals surface area (Å²) in [7, 11) is -3.23. The summed E-state index contributed by atoms with van der Waals surface area (Å²) in [5, 5.41) is 3.86. The Morgan fingerprint density at radius 3 is 1.70 bits per heavy atom. The lowest BCUT2D eigenvalue weighted by molar-refractivity contribution is 0.486. The van der Waals surface area contributed by atoms with Crippen LogP contribution in [0, 0.1) is 0 Å². The Hall–Kier alpha value is -5.84. The Kier molecular flexibility index (Phi) is 5.99. The maximum atomic E-state index is 15.1. The van der Waals surface area contributed by atoms with Crippen molar-refractivity contribution in [3.8, 4) is 45.7 Å². The highest BCUT2D eigenvalue weighted by atomic mass is 31.2. The van der Waals surface area contributed by atoms with E-state index in [9.17, 15) is 0 Å². The molecule has 1 atom stereocenters. The largest absolute Gasteiger partial charge is 0.456 e. The minimum Gasteiger partial charge on any atom is -0.456 e. The van der Waals surface area contributed by atoms with Crippen LogP contribution in [0.1, 0.15) is 0 Å². The van der Waals surface area contributed by atoms with E-state index in [1.54, 1.807) is 0 Å². The second-order valence-electron chi connectivity index (χ2n) is 11.2. The molecule has 0 saturated heterocycles. The van der Waals surface area contributed by atoms with Gasteiger partial charge in [0.25, 0.3) is 0 Å². The molecule has 1 aliphatic rings. The van der Waals surface area contributed by atoms with Gasteiger partial charge in [0.05, 0.1) is 10.6 Å². The van der Waals surface area contributed by atoms with Crippen LogP contribution in [0.15, 0.2) is 150 Å². The first kappa shape index (κ1) is 26.6. The average molecular weight is 614 g/mol. The first-order valence-corrected chi connectivity index (χ1v) is 16.7. The molecule has 218 valence electrons. The van der Waals surface area contributed by atoms with Crippen molar-refractivity contribution in [1.82, 2.24) is 15.0 Å². The monoisotopic (exact) mass is 613 g/mol. The molecule has 0 saturated carbocycles. The Labute approximate surface area is 264 Å². The van der Waals surface area contributed by atoms with E-state index in [-0.39, 0.29) is 0 Å². The number of furan rings is 1. The van der Waals surface area contributed by atoms with E-state index in [0.717, 1.165) is 32.8 Å². The summed E-state index contributed by atoms with van der Waals surface area (Å²) in [6, 6.07) is 46.8. The Balaban J connectivity index is 1.22. The van der Waals surface area contributed by atoms with Crippen LogP contribution >= 0.6 is 7.14 Å². The molecule has 0 N–H and O–H groups in total. The molecule has 1 unspecified atom stereocenters. The topological polar surface area (TPSA) is 78.1 Å². The third-order valence-electron chi connectivity index (χ3n) is 8.39. The van der Waals surface area contributed by atoms with Crippen molar-refractivity contribution < 1.29 is 13.7 Å². The highest BCUT2D eigenvalue weighted by Gasteiger charge is 2.39. The van der Waals surface area contributed by atoms with E-state index < -0.39 is 7.14 Å². The van der Waals surface area contributed by atoms with Gasteiger partial charge in [0.2, 0.25) is 0 Å².